The Morgan fingerprint density at radius 2 is 2.22 bits per heavy atom. The Morgan fingerprint density at radius 3 is 2.93 bits per heavy atom. The highest BCUT2D eigenvalue weighted by Gasteiger charge is 2.28. The van der Waals surface area contributed by atoms with E-state index in [9.17, 15) is 8.42 Å². The number of aliphatic hydroxyl groups excluding tert-OH is 1. The van der Waals surface area contributed by atoms with Gasteiger partial charge in [-0.15, -0.1) is 0 Å². The molecule has 1 aliphatic heterocycles. The van der Waals surface area contributed by atoms with Crippen LogP contribution in [0.3, 0.4) is 0 Å². The van der Waals surface area contributed by atoms with Crippen molar-refractivity contribution in [3.8, 4) is 0 Å². The van der Waals surface area contributed by atoms with E-state index in [1.165, 1.54) is 16.8 Å². The third-order valence-electron chi connectivity index (χ3n) is 4.24. The van der Waals surface area contributed by atoms with Crippen LogP contribution >= 0.6 is 11.6 Å². The Hall–Kier alpha value is -1.95. The van der Waals surface area contributed by atoms with Crippen LogP contribution in [0.15, 0.2) is 18.6 Å². The molecule has 1 atom stereocenters. The van der Waals surface area contributed by atoms with E-state index in [0.717, 1.165) is 6.42 Å². The number of sulfonamides is 1. The summed E-state index contributed by atoms with van der Waals surface area (Å²) >= 11 is 6.17. The fraction of sp³-hybridized carbons (Fsp3) is 0.533. The van der Waals surface area contributed by atoms with E-state index < -0.39 is 10.0 Å². The Balaban J connectivity index is 1.60. The topological polar surface area (TPSA) is 125 Å². The minimum atomic E-state index is -3.15. The Kier molecular flexibility index (Phi) is 6.15. The maximum Gasteiger partial charge on any atom is 0.229 e. The Morgan fingerprint density at radius 1 is 1.41 bits per heavy atom. The molecule has 1 aliphatic rings. The molecular weight excluding hydrogens is 394 g/mol. The van der Waals surface area contributed by atoms with Crippen molar-refractivity contribution in [3.63, 3.8) is 0 Å². The zero-order valence-electron chi connectivity index (χ0n) is 14.8. The highest BCUT2D eigenvalue weighted by Crippen LogP contribution is 2.24. The lowest BCUT2D eigenvalue weighted by Crippen LogP contribution is -2.28. The first-order chi connectivity index (χ1) is 12.8. The first kappa shape index (κ1) is 19.8. The molecule has 3 rings (SSSR count). The number of aromatic nitrogens is 4. The number of aliphatic hydroxyl groups is 1. The lowest BCUT2D eigenvalue weighted by molar-refractivity contribution is 0.269. The fourth-order valence-corrected chi connectivity index (χ4v) is 3.92. The van der Waals surface area contributed by atoms with E-state index in [0.29, 0.717) is 48.7 Å². The van der Waals surface area contributed by atoms with Gasteiger partial charge in [0.1, 0.15) is 5.02 Å². The van der Waals surface area contributed by atoms with Gasteiger partial charge in [0.25, 0.3) is 0 Å². The van der Waals surface area contributed by atoms with Crippen molar-refractivity contribution in [2.75, 3.05) is 43.1 Å². The summed E-state index contributed by atoms with van der Waals surface area (Å²) in [6.07, 6.45) is 6.86. The highest BCUT2D eigenvalue weighted by atomic mass is 35.5. The molecule has 3 N–H and O–H groups in total. The third kappa shape index (κ3) is 5.28. The molecule has 0 bridgehead atoms. The van der Waals surface area contributed by atoms with Crippen LogP contribution in [0, 0.1) is 5.92 Å². The zero-order valence-corrected chi connectivity index (χ0v) is 16.4. The molecule has 3 heterocycles. The average molecular weight is 416 g/mol. The summed E-state index contributed by atoms with van der Waals surface area (Å²) in [7, 11) is -3.15. The van der Waals surface area contributed by atoms with Gasteiger partial charge in [0.2, 0.25) is 16.0 Å². The molecule has 10 nitrogen and oxygen atoms in total. The van der Waals surface area contributed by atoms with Crippen molar-refractivity contribution in [2.45, 2.75) is 13.0 Å². The molecular formula is C15H22ClN7O3S. The van der Waals surface area contributed by atoms with Gasteiger partial charge in [-0.3, -0.25) is 4.68 Å². The highest BCUT2D eigenvalue weighted by molar-refractivity contribution is 7.88. The van der Waals surface area contributed by atoms with Crippen LogP contribution in [-0.2, 0) is 16.6 Å². The average Bonchev–Trinajstić information content (AvgIpc) is 3.25. The van der Waals surface area contributed by atoms with Crippen LogP contribution < -0.4 is 10.6 Å². The normalized spacial score (nSPS) is 18.0. The van der Waals surface area contributed by atoms with E-state index in [-0.39, 0.29) is 12.5 Å². The lowest BCUT2D eigenvalue weighted by atomic mass is 10.1. The fourth-order valence-electron chi connectivity index (χ4n) is 2.84. The molecule has 2 aromatic heterocycles. The van der Waals surface area contributed by atoms with Crippen LogP contribution in [-0.4, -0.2) is 70.1 Å². The van der Waals surface area contributed by atoms with Gasteiger partial charge >= 0.3 is 0 Å². The number of anilines is 3. The number of hydrogen-bond acceptors (Lipinski definition) is 8. The molecule has 0 aromatic carbocycles. The molecule has 1 unspecified atom stereocenters. The summed E-state index contributed by atoms with van der Waals surface area (Å²) in [5, 5.41) is 19.6. The standard InChI is InChI=1S/C15H22ClN7O3S/c1-27(25,26)23-3-2-11(9-23)6-17-14-13(16)8-18-15(21-14)20-12-7-19-22(10-12)4-5-24/h7-8,10-11,24H,2-6,9H2,1H3,(H2,17,18,20,21). The number of halogens is 1. The van der Waals surface area contributed by atoms with Gasteiger partial charge in [-0.05, 0) is 12.3 Å². The van der Waals surface area contributed by atoms with E-state index in [2.05, 4.69) is 25.7 Å². The van der Waals surface area contributed by atoms with Crippen LogP contribution in [0.1, 0.15) is 6.42 Å². The first-order valence-electron chi connectivity index (χ1n) is 8.47. The Bertz CT molecular complexity index is 889. The largest absolute Gasteiger partial charge is 0.394 e. The second kappa shape index (κ2) is 8.38. The summed E-state index contributed by atoms with van der Waals surface area (Å²) < 4.78 is 26.3. The Labute approximate surface area is 162 Å². The van der Waals surface area contributed by atoms with Gasteiger partial charge < -0.3 is 15.7 Å². The van der Waals surface area contributed by atoms with Gasteiger partial charge in [0, 0.05) is 25.8 Å². The van der Waals surface area contributed by atoms with Gasteiger partial charge in [0.05, 0.1) is 37.5 Å². The zero-order chi connectivity index (χ0) is 19.4. The van der Waals surface area contributed by atoms with Crippen LogP contribution in [0.4, 0.5) is 17.5 Å². The molecule has 0 amide bonds. The van der Waals surface area contributed by atoms with Gasteiger partial charge in [-0.2, -0.15) is 10.1 Å². The maximum atomic E-state index is 11.6. The van der Waals surface area contributed by atoms with Crippen molar-refractivity contribution in [3.05, 3.63) is 23.6 Å². The van der Waals surface area contributed by atoms with E-state index in [1.807, 2.05) is 0 Å². The maximum absolute atomic E-state index is 11.6. The summed E-state index contributed by atoms with van der Waals surface area (Å²) in [6, 6.07) is 0. The molecule has 0 radical (unpaired) electrons. The van der Waals surface area contributed by atoms with Gasteiger partial charge in [0.15, 0.2) is 5.82 Å². The summed E-state index contributed by atoms with van der Waals surface area (Å²) in [6.45, 7) is 2.00. The number of nitrogens with zero attached hydrogens (tertiary/aromatic N) is 5. The van der Waals surface area contributed by atoms with Crippen LogP contribution in [0.25, 0.3) is 0 Å². The quantitative estimate of drug-likeness (QED) is 0.576. The molecule has 0 spiro atoms. The first-order valence-corrected chi connectivity index (χ1v) is 10.7. The van der Waals surface area contributed by atoms with Crippen LogP contribution in [0.2, 0.25) is 5.02 Å². The summed E-state index contributed by atoms with van der Waals surface area (Å²) in [4.78, 5) is 8.51. The molecule has 27 heavy (non-hydrogen) atoms. The molecule has 2 aromatic rings. The van der Waals surface area contributed by atoms with Crippen molar-refractivity contribution in [1.82, 2.24) is 24.1 Å². The molecule has 0 aliphatic carbocycles. The SMILES string of the molecule is CS(=O)(=O)N1CCC(CNc2nc(Nc3cnn(CCO)c3)ncc2Cl)C1. The minimum absolute atomic E-state index is 0.00452. The predicted octanol–water partition coefficient (Wildman–Crippen LogP) is 0.756. The van der Waals surface area contributed by atoms with E-state index in [4.69, 9.17) is 16.7 Å². The van der Waals surface area contributed by atoms with Gasteiger partial charge in [-0.25, -0.2) is 17.7 Å². The van der Waals surface area contributed by atoms with E-state index >= 15 is 0 Å². The predicted molar refractivity (Wildman–Crippen MR) is 103 cm³/mol. The second-order valence-electron chi connectivity index (χ2n) is 6.39. The molecule has 148 valence electrons. The van der Waals surface area contributed by atoms with Gasteiger partial charge in [-0.1, -0.05) is 11.6 Å². The molecule has 12 heteroatoms. The number of nitrogens with one attached hydrogen (secondary N) is 2. The molecule has 0 saturated carbocycles. The summed E-state index contributed by atoms with van der Waals surface area (Å²) in [5.74, 6) is 1.03. The summed E-state index contributed by atoms with van der Waals surface area (Å²) in [5.41, 5.74) is 0.691. The lowest BCUT2D eigenvalue weighted by Gasteiger charge is -2.15. The monoisotopic (exact) mass is 415 g/mol. The second-order valence-corrected chi connectivity index (χ2v) is 8.78. The van der Waals surface area contributed by atoms with Crippen molar-refractivity contribution in [2.24, 2.45) is 5.92 Å². The van der Waals surface area contributed by atoms with E-state index in [1.54, 1.807) is 17.1 Å². The van der Waals surface area contributed by atoms with Crippen molar-refractivity contribution < 1.29 is 13.5 Å². The van der Waals surface area contributed by atoms with Crippen molar-refractivity contribution >= 4 is 39.1 Å². The third-order valence-corrected chi connectivity index (χ3v) is 5.78. The molecule has 1 saturated heterocycles. The van der Waals surface area contributed by atoms with Crippen LogP contribution in [0.5, 0.6) is 0 Å². The molecule has 1 fully saturated rings. The minimum Gasteiger partial charge on any atom is -0.394 e. The van der Waals surface area contributed by atoms with Crippen molar-refractivity contribution in [1.29, 1.82) is 0 Å². The smallest absolute Gasteiger partial charge is 0.229 e. The number of rotatable bonds is 8. The number of hydrogen-bond donors (Lipinski definition) is 3.